The first-order chi connectivity index (χ1) is 9.76. The molecule has 116 valence electrons. The number of amides is 1. The summed E-state index contributed by atoms with van der Waals surface area (Å²) in [6.07, 6.45) is 3.28. The zero-order chi connectivity index (χ0) is 15.6. The van der Waals surface area contributed by atoms with Crippen molar-refractivity contribution >= 4 is 21.6 Å². The Bertz CT molecular complexity index is 640. The Labute approximate surface area is 126 Å². The number of carbonyl (C=O) groups is 1. The van der Waals surface area contributed by atoms with Crippen LogP contribution in [0.3, 0.4) is 0 Å². The number of piperidine rings is 1. The predicted molar refractivity (Wildman–Crippen MR) is 83.9 cm³/mol. The molecule has 0 aromatic heterocycles. The number of likely N-dealkylation sites (tertiary alicyclic amines) is 1. The van der Waals surface area contributed by atoms with E-state index in [0.29, 0.717) is 17.2 Å². The highest BCUT2D eigenvalue weighted by Gasteiger charge is 2.22. The average Bonchev–Trinajstić information content (AvgIpc) is 2.39. The summed E-state index contributed by atoms with van der Waals surface area (Å²) in [6, 6.07) is 5.15. The van der Waals surface area contributed by atoms with Crippen molar-refractivity contribution in [1.82, 2.24) is 4.90 Å². The second kappa shape index (κ2) is 6.05. The van der Waals surface area contributed by atoms with Crippen molar-refractivity contribution in [3.63, 3.8) is 0 Å². The van der Waals surface area contributed by atoms with Crippen molar-refractivity contribution < 1.29 is 13.2 Å². The van der Waals surface area contributed by atoms with Gasteiger partial charge in [-0.1, -0.05) is 13.0 Å². The maximum absolute atomic E-state index is 12.5. The molecule has 0 aliphatic carbocycles. The van der Waals surface area contributed by atoms with Crippen molar-refractivity contribution in [2.75, 3.05) is 24.1 Å². The molecule has 0 spiro atoms. The van der Waals surface area contributed by atoms with Gasteiger partial charge in [0.2, 0.25) is 10.0 Å². The lowest BCUT2D eigenvalue weighted by molar-refractivity contribution is 0.0683. The minimum atomic E-state index is -3.35. The molecular formula is C15H22N2O3S. The van der Waals surface area contributed by atoms with Crippen LogP contribution in [-0.4, -0.2) is 38.6 Å². The van der Waals surface area contributed by atoms with Gasteiger partial charge in [-0.3, -0.25) is 9.52 Å². The Morgan fingerprint density at radius 2 is 2.10 bits per heavy atom. The monoisotopic (exact) mass is 310 g/mol. The molecule has 0 radical (unpaired) electrons. The van der Waals surface area contributed by atoms with E-state index >= 15 is 0 Å². The summed E-state index contributed by atoms with van der Waals surface area (Å²) in [6.45, 7) is 5.49. The molecule has 6 heteroatoms. The quantitative estimate of drug-likeness (QED) is 0.931. The SMILES string of the molecule is Cc1ccc(C(=O)N2CCC[C@@H](C)C2)cc1NS(C)(=O)=O. The number of aryl methyl sites for hydroxylation is 1. The van der Waals surface area contributed by atoms with E-state index in [0.717, 1.165) is 37.8 Å². The average molecular weight is 310 g/mol. The summed E-state index contributed by atoms with van der Waals surface area (Å²) in [5, 5.41) is 0. The summed E-state index contributed by atoms with van der Waals surface area (Å²) >= 11 is 0. The smallest absolute Gasteiger partial charge is 0.253 e. The van der Waals surface area contributed by atoms with E-state index in [2.05, 4.69) is 11.6 Å². The third kappa shape index (κ3) is 4.20. The van der Waals surface area contributed by atoms with Gasteiger partial charge in [0, 0.05) is 18.7 Å². The highest BCUT2D eigenvalue weighted by molar-refractivity contribution is 7.92. The van der Waals surface area contributed by atoms with Crippen molar-refractivity contribution in [3.8, 4) is 0 Å². The van der Waals surface area contributed by atoms with Gasteiger partial charge < -0.3 is 4.90 Å². The van der Waals surface area contributed by atoms with Crippen LogP contribution < -0.4 is 4.72 Å². The highest BCUT2D eigenvalue weighted by atomic mass is 32.2. The van der Waals surface area contributed by atoms with Crippen LogP contribution in [0.1, 0.15) is 35.7 Å². The number of hydrogen-bond acceptors (Lipinski definition) is 3. The Morgan fingerprint density at radius 1 is 1.38 bits per heavy atom. The molecule has 1 saturated heterocycles. The van der Waals surface area contributed by atoms with Crippen LogP contribution in [0.2, 0.25) is 0 Å². The fourth-order valence-electron chi connectivity index (χ4n) is 2.62. The summed E-state index contributed by atoms with van der Waals surface area (Å²) in [5.41, 5.74) is 1.79. The van der Waals surface area contributed by atoms with Crippen LogP contribution in [0.4, 0.5) is 5.69 Å². The molecule has 0 bridgehead atoms. The first-order valence-corrected chi connectivity index (χ1v) is 9.03. The lowest BCUT2D eigenvalue weighted by Gasteiger charge is -2.31. The molecule has 1 atom stereocenters. The maximum Gasteiger partial charge on any atom is 0.253 e. The first kappa shape index (κ1) is 15.8. The second-order valence-corrected chi connectivity index (χ2v) is 7.65. The third-order valence-corrected chi connectivity index (χ3v) is 4.31. The van der Waals surface area contributed by atoms with E-state index in [-0.39, 0.29) is 5.91 Å². The highest BCUT2D eigenvalue weighted by Crippen LogP contribution is 2.22. The van der Waals surface area contributed by atoms with Crippen LogP contribution in [0, 0.1) is 12.8 Å². The van der Waals surface area contributed by atoms with Gasteiger partial charge in [-0.05, 0) is 43.4 Å². The predicted octanol–water partition coefficient (Wildman–Crippen LogP) is 2.24. The minimum absolute atomic E-state index is 0.0295. The number of benzene rings is 1. The molecule has 1 aromatic carbocycles. The third-order valence-electron chi connectivity index (χ3n) is 3.72. The standard InChI is InChI=1S/C15H22N2O3S/c1-11-5-4-8-17(10-11)15(18)13-7-6-12(2)14(9-13)16-21(3,19)20/h6-7,9,11,16H,4-5,8,10H2,1-3H3/t11-/m1/s1. The Hall–Kier alpha value is -1.56. The molecule has 1 aliphatic rings. The van der Waals surface area contributed by atoms with Gasteiger partial charge >= 0.3 is 0 Å². The van der Waals surface area contributed by atoms with Gasteiger partial charge in [-0.25, -0.2) is 8.42 Å². The summed E-state index contributed by atoms with van der Waals surface area (Å²) in [5.74, 6) is 0.486. The second-order valence-electron chi connectivity index (χ2n) is 5.90. The lowest BCUT2D eigenvalue weighted by Crippen LogP contribution is -2.39. The van der Waals surface area contributed by atoms with Crippen molar-refractivity contribution in [2.45, 2.75) is 26.7 Å². The van der Waals surface area contributed by atoms with Crippen molar-refractivity contribution in [2.24, 2.45) is 5.92 Å². The zero-order valence-corrected chi connectivity index (χ0v) is 13.5. The van der Waals surface area contributed by atoms with Gasteiger partial charge in [-0.15, -0.1) is 0 Å². The van der Waals surface area contributed by atoms with Gasteiger partial charge in [0.05, 0.1) is 11.9 Å². The molecule has 1 amide bonds. The number of rotatable bonds is 3. The molecule has 1 aliphatic heterocycles. The molecule has 1 aromatic rings. The Kier molecular flexibility index (Phi) is 4.56. The number of carbonyl (C=O) groups excluding carboxylic acids is 1. The zero-order valence-electron chi connectivity index (χ0n) is 12.7. The molecule has 0 unspecified atom stereocenters. The lowest BCUT2D eigenvalue weighted by atomic mass is 9.99. The van der Waals surface area contributed by atoms with Crippen LogP contribution in [0.25, 0.3) is 0 Å². The van der Waals surface area contributed by atoms with E-state index in [1.807, 2.05) is 11.8 Å². The molecule has 0 saturated carbocycles. The van der Waals surface area contributed by atoms with Crippen LogP contribution in [-0.2, 0) is 10.0 Å². The van der Waals surface area contributed by atoms with Crippen molar-refractivity contribution in [1.29, 1.82) is 0 Å². The molecule has 21 heavy (non-hydrogen) atoms. The summed E-state index contributed by atoms with van der Waals surface area (Å²) in [7, 11) is -3.35. The molecule has 1 N–H and O–H groups in total. The molecular weight excluding hydrogens is 288 g/mol. The normalized spacial score (nSPS) is 19.4. The number of sulfonamides is 1. The van der Waals surface area contributed by atoms with E-state index in [9.17, 15) is 13.2 Å². The fraction of sp³-hybridized carbons (Fsp3) is 0.533. The topological polar surface area (TPSA) is 66.5 Å². The van der Waals surface area contributed by atoms with E-state index in [4.69, 9.17) is 0 Å². The number of nitrogens with zero attached hydrogens (tertiary/aromatic N) is 1. The molecule has 1 heterocycles. The number of hydrogen-bond donors (Lipinski definition) is 1. The van der Waals surface area contributed by atoms with Crippen LogP contribution in [0.5, 0.6) is 0 Å². The van der Waals surface area contributed by atoms with Gasteiger partial charge in [-0.2, -0.15) is 0 Å². The van der Waals surface area contributed by atoms with E-state index in [1.54, 1.807) is 18.2 Å². The molecule has 5 nitrogen and oxygen atoms in total. The summed E-state index contributed by atoms with van der Waals surface area (Å²) in [4.78, 5) is 14.4. The van der Waals surface area contributed by atoms with Gasteiger partial charge in [0.1, 0.15) is 0 Å². The largest absolute Gasteiger partial charge is 0.338 e. The summed E-state index contributed by atoms with van der Waals surface area (Å²) < 4.78 is 25.2. The van der Waals surface area contributed by atoms with Crippen LogP contribution in [0.15, 0.2) is 18.2 Å². The Morgan fingerprint density at radius 3 is 2.71 bits per heavy atom. The number of nitrogens with one attached hydrogen (secondary N) is 1. The minimum Gasteiger partial charge on any atom is -0.338 e. The van der Waals surface area contributed by atoms with E-state index < -0.39 is 10.0 Å². The molecule has 2 rings (SSSR count). The van der Waals surface area contributed by atoms with E-state index in [1.165, 1.54) is 0 Å². The van der Waals surface area contributed by atoms with Gasteiger partial charge in [0.25, 0.3) is 5.91 Å². The van der Waals surface area contributed by atoms with Crippen molar-refractivity contribution in [3.05, 3.63) is 29.3 Å². The maximum atomic E-state index is 12.5. The van der Waals surface area contributed by atoms with Gasteiger partial charge in [0.15, 0.2) is 0 Å². The molecule has 1 fully saturated rings. The number of anilines is 1. The fourth-order valence-corrected chi connectivity index (χ4v) is 3.24. The Balaban J connectivity index is 2.23. The van der Waals surface area contributed by atoms with Crippen LogP contribution >= 0.6 is 0 Å². The first-order valence-electron chi connectivity index (χ1n) is 7.14.